The van der Waals surface area contributed by atoms with Gasteiger partial charge in [-0.1, -0.05) is 44.4 Å². The summed E-state index contributed by atoms with van der Waals surface area (Å²) in [6.45, 7) is 2.47. The highest BCUT2D eigenvalue weighted by Gasteiger charge is 2.26. The number of pyridine rings is 1. The molecule has 1 aromatic carbocycles. The van der Waals surface area contributed by atoms with E-state index in [0.717, 1.165) is 48.2 Å². The van der Waals surface area contributed by atoms with Crippen molar-refractivity contribution in [3.05, 3.63) is 58.9 Å². The minimum atomic E-state index is -0.757. The predicted molar refractivity (Wildman–Crippen MR) is 104 cm³/mol. The zero-order chi connectivity index (χ0) is 19.2. The maximum atomic E-state index is 10.3. The molecule has 0 spiro atoms. The molecule has 3 N–H and O–H groups in total. The van der Waals surface area contributed by atoms with Gasteiger partial charge in [-0.25, -0.2) is 0 Å². The number of aliphatic hydroxyl groups is 3. The van der Waals surface area contributed by atoms with Crippen molar-refractivity contribution >= 4 is 0 Å². The molecule has 5 nitrogen and oxygen atoms in total. The Kier molecular flexibility index (Phi) is 6.83. The molecule has 3 atom stereocenters. The summed E-state index contributed by atoms with van der Waals surface area (Å²) in [6, 6.07) is 11.4. The second-order valence-corrected chi connectivity index (χ2v) is 7.32. The molecule has 1 heterocycles. The van der Waals surface area contributed by atoms with Gasteiger partial charge in [-0.2, -0.15) is 0 Å². The molecule has 1 aromatic heterocycles. The van der Waals surface area contributed by atoms with Crippen molar-refractivity contribution < 1.29 is 20.1 Å². The van der Waals surface area contributed by atoms with Crippen molar-refractivity contribution in [1.82, 2.24) is 4.98 Å². The number of hydrogen-bond acceptors (Lipinski definition) is 5. The SMILES string of the molecule is CCCCCC(O)c1cccc(OCc2ccc3c(n2)CC(O)C(O)C3)c1. The second kappa shape index (κ2) is 9.31. The number of fused-ring (bicyclic) bond motifs is 1. The molecule has 0 fully saturated rings. The average molecular weight is 371 g/mol. The zero-order valence-electron chi connectivity index (χ0n) is 15.8. The van der Waals surface area contributed by atoms with E-state index in [1.54, 1.807) is 0 Å². The lowest BCUT2D eigenvalue weighted by Gasteiger charge is -2.25. The molecule has 0 radical (unpaired) electrons. The Morgan fingerprint density at radius 3 is 2.74 bits per heavy atom. The number of ether oxygens (including phenoxy) is 1. The van der Waals surface area contributed by atoms with Crippen LogP contribution in [-0.4, -0.2) is 32.5 Å². The first-order chi connectivity index (χ1) is 13.1. The molecule has 27 heavy (non-hydrogen) atoms. The van der Waals surface area contributed by atoms with Gasteiger partial charge in [-0.3, -0.25) is 4.98 Å². The molecular weight excluding hydrogens is 342 g/mol. The fraction of sp³-hybridized carbons (Fsp3) is 0.500. The van der Waals surface area contributed by atoms with Gasteiger partial charge in [-0.15, -0.1) is 0 Å². The third-order valence-electron chi connectivity index (χ3n) is 5.11. The summed E-state index contributed by atoms with van der Waals surface area (Å²) in [4.78, 5) is 4.58. The van der Waals surface area contributed by atoms with E-state index in [4.69, 9.17) is 4.74 Å². The van der Waals surface area contributed by atoms with E-state index < -0.39 is 18.3 Å². The molecule has 1 aliphatic carbocycles. The van der Waals surface area contributed by atoms with Crippen molar-refractivity contribution in [2.24, 2.45) is 0 Å². The Balaban J connectivity index is 1.60. The maximum Gasteiger partial charge on any atom is 0.130 e. The van der Waals surface area contributed by atoms with Crippen LogP contribution in [0.4, 0.5) is 0 Å². The van der Waals surface area contributed by atoms with Crippen molar-refractivity contribution in [2.45, 2.75) is 70.4 Å². The van der Waals surface area contributed by atoms with Crippen LogP contribution in [0.25, 0.3) is 0 Å². The first-order valence-electron chi connectivity index (χ1n) is 9.81. The van der Waals surface area contributed by atoms with Crippen LogP contribution in [0.2, 0.25) is 0 Å². The van der Waals surface area contributed by atoms with Crippen molar-refractivity contribution in [3.63, 3.8) is 0 Å². The third kappa shape index (κ3) is 5.28. The number of nitrogens with zero attached hydrogens (tertiary/aromatic N) is 1. The predicted octanol–water partition coefficient (Wildman–Crippen LogP) is 3.09. The molecule has 2 aromatic rings. The summed E-state index contributed by atoms with van der Waals surface area (Å²) in [5, 5.41) is 29.9. The van der Waals surface area contributed by atoms with E-state index in [-0.39, 0.29) is 0 Å². The summed E-state index contributed by atoms with van der Waals surface area (Å²) in [5.74, 6) is 0.706. The highest BCUT2D eigenvalue weighted by atomic mass is 16.5. The van der Waals surface area contributed by atoms with E-state index in [1.807, 2.05) is 36.4 Å². The van der Waals surface area contributed by atoms with E-state index in [1.165, 1.54) is 0 Å². The van der Waals surface area contributed by atoms with Gasteiger partial charge >= 0.3 is 0 Å². The lowest BCUT2D eigenvalue weighted by molar-refractivity contribution is 0.0131. The minimum Gasteiger partial charge on any atom is -0.487 e. The highest BCUT2D eigenvalue weighted by molar-refractivity contribution is 5.31. The molecule has 0 saturated heterocycles. The van der Waals surface area contributed by atoms with Gasteiger partial charge in [0.1, 0.15) is 12.4 Å². The van der Waals surface area contributed by atoms with E-state index in [9.17, 15) is 15.3 Å². The summed E-state index contributed by atoms with van der Waals surface area (Å²) in [5.41, 5.74) is 3.47. The van der Waals surface area contributed by atoms with Crippen LogP contribution in [0, 0.1) is 0 Å². The van der Waals surface area contributed by atoms with Gasteiger partial charge < -0.3 is 20.1 Å². The number of aliphatic hydroxyl groups excluding tert-OH is 3. The van der Waals surface area contributed by atoms with Crippen molar-refractivity contribution in [3.8, 4) is 5.75 Å². The van der Waals surface area contributed by atoms with Gasteiger partial charge in [-0.05, 0) is 35.7 Å². The Hall–Kier alpha value is -1.95. The molecular formula is C22H29NO4. The Morgan fingerprint density at radius 1 is 1.11 bits per heavy atom. The van der Waals surface area contributed by atoms with Crippen molar-refractivity contribution in [1.29, 1.82) is 0 Å². The first kappa shape index (κ1) is 19.8. The third-order valence-corrected chi connectivity index (χ3v) is 5.11. The largest absolute Gasteiger partial charge is 0.487 e. The summed E-state index contributed by atoms with van der Waals surface area (Å²) in [7, 11) is 0. The average Bonchev–Trinajstić information content (AvgIpc) is 2.67. The maximum absolute atomic E-state index is 10.3. The van der Waals surface area contributed by atoms with Gasteiger partial charge in [0.15, 0.2) is 0 Å². The quantitative estimate of drug-likeness (QED) is 0.621. The smallest absolute Gasteiger partial charge is 0.130 e. The topological polar surface area (TPSA) is 82.8 Å². The fourth-order valence-electron chi connectivity index (χ4n) is 3.44. The summed E-state index contributed by atoms with van der Waals surface area (Å²) >= 11 is 0. The van der Waals surface area contributed by atoms with E-state index in [2.05, 4.69) is 11.9 Å². The molecule has 3 unspecified atom stereocenters. The standard InChI is InChI=1S/C22H29NO4/c1-2-3-4-8-20(24)16-6-5-7-18(11-16)27-14-17-10-9-15-12-21(25)22(26)13-19(15)23-17/h5-7,9-11,20-22,24-26H,2-4,8,12-14H2,1H3. The zero-order valence-corrected chi connectivity index (χ0v) is 15.8. The fourth-order valence-corrected chi connectivity index (χ4v) is 3.44. The van der Waals surface area contributed by atoms with E-state index in [0.29, 0.717) is 25.2 Å². The molecule has 3 rings (SSSR count). The molecule has 5 heteroatoms. The Morgan fingerprint density at radius 2 is 1.93 bits per heavy atom. The lowest BCUT2D eigenvalue weighted by atomic mass is 9.91. The second-order valence-electron chi connectivity index (χ2n) is 7.32. The molecule has 0 bridgehead atoms. The number of unbranched alkanes of at least 4 members (excludes halogenated alkanes) is 2. The van der Waals surface area contributed by atoms with Gasteiger partial charge in [0.05, 0.1) is 24.0 Å². The monoisotopic (exact) mass is 371 g/mol. The van der Waals surface area contributed by atoms with Crippen LogP contribution in [0.1, 0.15) is 61.2 Å². The molecule has 1 aliphatic rings. The Labute approximate surface area is 160 Å². The number of rotatable bonds is 8. The van der Waals surface area contributed by atoms with Crippen LogP contribution in [0.15, 0.2) is 36.4 Å². The van der Waals surface area contributed by atoms with Gasteiger partial charge in [0, 0.05) is 18.5 Å². The van der Waals surface area contributed by atoms with Crippen LogP contribution < -0.4 is 4.74 Å². The normalized spacial score (nSPS) is 20.1. The van der Waals surface area contributed by atoms with Gasteiger partial charge in [0.25, 0.3) is 0 Å². The highest BCUT2D eigenvalue weighted by Crippen LogP contribution is 2.25. The Bertz CT molecular complexity index is 749. The summed E-state index contributed by atoms with van der Waals surface area (Å²) in [6.07, 6.45) is 2.91. The first-order valence-corrected chi connectivity index (χ1v) is 9.81. The van der Waals surface area contributed by atoms with Crippen molar-refractivity contribution in [2.75, 3.05) is 0 Å². The van der Waals surface area contributed by atoms with Crippen LogP contribution in [0.5, 0.6) is 5.75 Å². The lowest BCUT2D eigenvalue weighted by Crippen LogP contribution is -2.35. The van der Waals surface area contributed by atoms with Crippen LogP contribution >= 0.6 is 0 Å². The number of hydrogen-bond donors (Lipinski definition) is 3. The molecule has 0 saturated carbocycles. The van der Waals surface area contributed by atoms with Crippen LogP contribution in [-0.2, 0) is 19.4 Å². The van der Waals surface area contributed by atoms with E-state index >= 15 is 0 Å². The molecule has 0 amide bonds. The minimum absolute atomic E-state index is 0.321. The molecule has 146 valence electrons. The van der Waals surface area contributed by atoms with Crippen LogP contribution in [0.3, 0.4) is 0 Å². The van der Waals surface area contributed by atoms with Gasteiger partial charge in [0.2, 0.25) is 0 Å². The molecule has 0 aliphatic heterocycles. The summed E-state index contributed by atoms with van der Waals surface area (Å²) < 4.78 is 5.86. The number of aromatic nitrogens is 1. The number of benzene rings is 1.